The van der Waals surface area contributed by atoms with Gasteiger partial charge in [0, 0.05) is 13.1 Å². The fourth-order valence-electron chi connectivity index (χ4n) is 2.89. The number of nitrogens with one attached hydrogen (secondary N) is 2. The average Bonchev–Trinajstić information content (AvgIpc) is 2.53. The van der Waals surface area contributed by atoms with Crippen molar-refractivity contribution in [3.05, 3.63) is 35.9 Å². The molecule has 6 heteroatoms. The topological polar surface area (TPSA) is 44.4 Å². The molecular weight excluding hydrogens is 333 g/mol. The first-order valence-corrected chi connectivity index (χ1v) is 8.01. The molecule has 0 spiro atoms. The van der Waals surface area contributed by atoms with Gasteiger partial charge in [0.15, 0.2) is 0 Å². The highest BCUT2D eigenvalue weighted by Crippen LogP contribution is 2.19. The van der Waals surface area contributed by atoms with E-state index in [0.29, 0.717) is 0 Å². The number of likely N-dealkylation sites (tertiary alicyclic amines) is 1. The van der Waals surface area contributed by atoms with E-state index in [1.165, 1.54) is 12.0 Å². The minimum absolute atomic E-state index is 0. The molecule has 0 aliphatic carbocycles. The first-order chi connectivity index (χ1) is 10.3. The van der Waals surface area contributed by atoms with Crippen LogP contribution in [0.2, 0.25) is 0 Å². The number of carbonyl (C=O) groups excluding carboxylic acids is 1. The summed E-state index contributed by atoms with van der Waals surface area (Å²) in [5.41, 5.74) is 1.28. The van der Waals surface area contributed by atoms with Gasteiger partial charge in [0.05, 0.1) is 6.04 Å². The molecule has 1 amide bonds. The maximum atomic E-state index is 12.4. The third-order valence-corrected chi connectivity index (χ3v) is 4.05. The average molecular weight is 362 g/mol. The van der Waals surface area contributed by atoms with Crippen molar-refractivity contribution < 1.29 is 4.79 Å². The number of piperidine rings is 1. The second-order valence-corrected chi connectivity index (χ2v) is 5.72. The number of nitrogens with zero attached hydrogens (tertiary/aromatic N) is 1. The van der Waals surface area contributed by atoms with E-state index in [-0.39, 0.29) is 36.8 Å². The third-order valence-electron chi connectivity index (χ3n) is 4.05. The molecule has 2 N–H and O–H groups in total. The Balaban J connectivity index is 0.00000242. The molecular formula is C17H29Cl2N3O. The van der Waals surface area contributed by atoms with Gasteiger partial charge in [-0.3, -0.25) is 9.69 Å². The minimum atomic E-state index is 0. The molecule has 1 heterocycles. The van der Waals surface area contributed by atoms with Gasteiger partial charge in [-0.15, -0.1) is 24.8 Å². The molecule has 0 saturated carbocycles. The van der Waals surface area contributed by atoms with Crippen LogP contribution in [0.5, 0.6) is 0 Å². The van der Waals surface area contributed by atoms with Crippen LogP contribution in [0, 0.1) is 0 Å². The molecule has 1 fully saturated rings. The maximum Gasteiger partial charge on any atom is 0.237 e. The Kier molecular flexibility index (Phi) is 12.1. The Hall–Kier alpha value is -0.810. The van der Waals surface area contributed by atoms with E-state index in [1.807, 2.05) is 13.1 Å². The quantitative estimate of drug-likeness (QED) is 0.733. The zero-order chi connectivity index (χ0) is 14.9. The van der Waals surface area contributed by atoms with Crippen LogP contribution in [0.3, 0.4) is 0 Å². The third kappa shape index (κ3) is 7.53. The highest BCUT2D eigenvalue weighted by Gasteiger charge is 2.28. The van der Waals surface area contributed by atoms with Crippen LogP contribution in [0.15, 0.2) is 30.3 Å². The molecule has 1 aliphatic rings. The van der Waals surface area contributed by atoms with Crippen molar-refractivity contribution in [1.82, 2.24) is 15.5 Å². The SMILES string of the molecule is CNCCCNC(=O)C1CCCCN1Cc1ccccc1.Cl.Cl. The number of rotatable bonds is 7. The summed E-state index contributed by atoms with van der Waals surface area (Å²) >= 11 is 0. The van der Waals surface area contributed by atoms with E-state index < -0.39 is 0 Å². The van der Waals surface area contributed by atoms with Crippen LogP contribution in [0.1, 0.15) is 31.2 Å². The van der Waals surface area contributed by atoms with E-state index in [2.05, 4.69) is 39.8 Å². The van der Waals surface area contributed by atoms with Crippen molar-refractivity contribution >= 4 is 30.7 Å². The lowest BCUT2D eigenvalue weighted by molar-refractivity contribution is -0.127. The Bertz CT molecular complexity index is 431. The summed E-state index contributed by atoms with van der Waals surface area (Å²) in [7, 11) is 1.94. The van der Waals surface area contributed by atoms with Gasteiger partial charge in [-0.05, 0) is 45.0 Å². The normalized spacial score (nSPS) is 17.7. The van der Waals surface area contributed by atoms with Crippen molar-refractivity contribution in [1.29, 1.82) is 0 Å². The van der Waals surface area contributed by atoms with Crippen molar-refractivity contribution in [3.8, 4) is 0 Å². The lowest BCUT2D eigenvalue weighted by atomic mass is 10.0. The van der Waals surface area contributed by atoms with Crippen LogP contribution >= 0.6 is 24.8 Å². The van der Waals surface area contributed by atoms with Crippen molar-refractivity contribution in [2.75, 3.05) is 26.7 Å². The number of amides is 1. The molecule has 0 aromatic heterocycles. The van der Waals surface area contributed by atoms with Crippen LogP contribution in [0.4, 0.5) is 0 Å². The Morgan fingerprint density at radius 2 is 1.91 bits per heavy atom. The van der Waals surface area contributed by atoms with Gasteiger partial charge in [0.25, 0.3) is 0 Å². The zero-order valence-electron chi connectivity index (χ0n) is 13.8. The fraction of sp³-hybridized carbons (Fsp3) is 0.588. The van der Waals surface area contributed by atoms with Crippen molar-refractivity contribution in [2.45, 2.75) is 38.3 Å². The molecule has 1 aliphatic heterocycles. The van der Waals surface area contributed by atoms with Gasteiger partial charge >= 0.3 is 0 Å². The van der Waals surface area contributed by atoms with E-state index in [0.717, 1.165) is 45.4 Å². The monoisotopic (exact) mass is 361 g/mol. The van der Waals surface area contributed by atoms with Gasteiger partial charge in [0.2, 0.25) is 5.91 Å². The molecule has 1 aromatic rings. The molecule has 1 aromatic carbocycles. The predicted molar refractivity (Wildman–Crippen MR) is 101 cm³/mol. The second-order valence-electron chi connectivity index (χ2n) is 5.72. The minimum Gasteiger partial charge on any atom is -0.355 e. The molecule has 1 atom stereocenters. The molecule has 1 unspecified atom stereocenters. The molecule has 132 valence electrons. The van der Waals surface area contributed by atoms with Crippen LogP contribution in [-0.4, -0.2) is 43.5 Å². The van der Waals surface area contributed by atoms with Crippen molar-refractivity contribution in [3.63, 3.8) is 0 Å². The summed E-state index contributed by atoms with van der Waals surface area (Å²) in [4.78, 5) is 14.7. The Morgan fingerprint density at radius 1 is 1.17 bits per heavy atom. The van der Waals surface area contributed by atoms with Gasteiger partial charge in [-0.1, -0.05) is 36.8 Å². The summed E-state index contributed by atoms with van der Waals surface area (Å²) in [5.74, 6) is 0.196. The highest BCUT2D eigenvalue weighted by atomic mass is 35.5. The lowest BCUT2D eigenvalue weighted by Gasteiger charge is -2.34. The smallest absolute Gasteiger partial charge is 0.237 e. The number of hydrogen-bond acceptors (Lipinski definition) is 3. The number of hydrogen-bond donors (Lipinski definition) is 2. The van der Waals surface area contributed by atoms with Crippen LogP contribution in [-0.2, 0) is 11.3 Å². The molecule has 23 heavy (non-hydrogen) atoms. The van der Waals surface area contributed by atoms with Crippen LogP contribution in [0.25, 0.3) is 0 Å². The fourth-order valence-corrected chi connectivity index (χ4v) is 2.89. The summed E-state index contributed by atoms with van der Waals surface area (Å²) in [6.45, 7) is 3.59. The summed E-state index contributed by atoms with van der Waals surface area (Å²) in [6, 6.07) is 10.5. The standard InChI is InChI=1S/C17H27N3O.2ClH/c1-18-11-7-12-19-17(21)16-10-5-6-13-20(16)14-15-8-3-2-4-9-15;;/h2-4,8-9,16,18H,5-7,10-14H2,1H3,(H,19,21);2*1H. The number of halogens is 2. The molecule has 2 rings (SSSR count). The lowest BCUT2D eigenvalue weighted by Crippen LogP contribution is -2.49. The number of benzene rings is 1. The largest absolute Gasteiger partial charge is 0.355 e. The van der Waals surface area contributed by atoms with Gasteiger partial charge < -0.3 is 10.6 Å². The Morgan fingerprint density at radius 3 is 2.61 bits per heavy atom. The first-order valence-electron chi connectivity index (χ1n) is 8.01. The van der Waals surface area contributed by atoms with Crippen molar-refractivity contribution in [2.24, 2.45) is 0 Å². The molecule has 1 saturated heterocycles. The van der Waals surface area contributed by atoms with E-state index in [1.54, 1.807) is 0 Å². The van der Waals surface area contributed by atoms with E-state index >= 15 is 0 Å². The molecule has 0 radical (unpaired) electrons. The van der Waals surface area contributed by atoms with E-state index in [9.17, 15) is 4.79 Å². The Labute approximate surface area is 152 Å². The maximum absolute atomic E-state index is 12.4. The summed E-state index contributed by atoms with van der Waals surface area (Å²) in [5, 5.41) is 6.18. The predicted octanol–water partition coefficient (Wildman–Crippen LogP) is 2.61. The number of carbonyl (C=O) groups is 1. The molecule has 0 bridgehead atoms. The molecule has 4 nitrogen and oxygen atoms in total. The van der Waals surface area contributed by atoms with Crippen LogP contribution < -0.4 is 10.6 Å². The summed E-state index contributed by atoms with van der Waals surface area (Å²) < 4.78 is 0. The van der Waals surface area contributed by atoms with Gasteiger partial charge in [-0.25, -0.2) is 0 Å². The van der Waals surface area contributed by atoms with E-state index in [4.69, 9.17) is 0 Å². The van der Waals surface area contributed by atoms with Gasteiger partial charge in [-0.2, -0.15) is 0 Å². The summed E-state index contributed by atoms with van der Waals surface area (Å²) in [6.07, 6.45) is 4.30. The van der Waals surface area contributed by atoms with Gasteiger partial charge in [0.1, 0.15) is 0 Å². The second kappa shape index (κ2) is 12.6. The zero-order valence-corrected chi connectivity index (χ0v) is 15.4. The highest BCUT2D eigenvalue weighted by molar-refractivity contribution is 5.85. The first kappa shape index (κ1) is 22.2.